The van der Waals surface area contributed by atoms with Crippen LogP contribution in [-0.2, 0) is 22.4 Å². The zero-order valence-corrected chi connectivity index (χ0v) is 17.7. The number of Topliss-reactive ketones (excluding diaryl/α,β-unsaturated/α-hetero) is 1. The van der Waals surface area contributed by atoms with Gasteiger partial charge in [-0.2, -0.15) is 0 Å². The van der Waals surface area contributed by atoms with Crippen molar-refractivity contribution >= 4 is 23.1 Å². The van der Waals surface area contributed by atoms with E-state index in [1.807, 2.05) is 19.1 Å². The van der Waals surface area contributed by atoms with E-state index >= 15 is 0 Å². The normalized spacial score (nSPS) is 19.9. The second kappa shape index (κ2) is 7.71. The van der Waals surface area contributed by atoms with E-state index < -0.39 is 17.7 Å². The highest BCUT2D eigenvalue weighted by Gasteiger charge is 2.49. The number of hydrogen-bond acceptors (Lipinski definition) is 5. The number of phenolic OH excluding ortho intramolecular Hbond substituents is 1. The number of aromatic hydroxyl groups is 1. The zero-order chi connectivity index (χ0) is 22.4. The molecule has 0 bridgehead atoms. The Labute approximate surface area is 185 Å². The van der Waals surface area contributed by atoms with Crippen LogP contribution in [0, 0.1) is 6.92 Å². The number of anilines is 1. The maximum atomic E-state index is 13.2. The molecule has 0 saturated carbocycles. The Morgan fingerprint density at radius 3 is 2.56 bits per heavy atom. The Morgan fingerprint density at radius 1 is 1.03 bits per heavy atom. The van der Waals surface area contributed by atoms with Crippen molar-refractivity contribution in [1.82, 2.24) is 0 Å². The number of aryl methyl sites for hydroxylation is 3. The topological polar surface area (TPSA) is 91.0 Å². The van der Waals surface area contributed by atoms with Gasteiger partial charge in [0.05, 0.1) is 17.5 Å². The van der Waals surface area contributed by atoms with Gasteiger partial charge in [0.25, 0.3) is 11.7 Å². The fraction of sp³-hybridized carbons (Fsp3) is 0.231. The number of fused-ring (bicyclic) bond motifs is 1. The van der Waals surface area contributed by atoms with Crippen LogP contribution in [0.4, 0.5) is 5.69 Å². The molecule has 32 heavy (non-hydrogen) atoms. The van der Waals surface area contributed by atoms with Gasteiger partial charge in [-0.15, -0.1) is 0 Å². The first-order chi connectivity index (χ1) is 15.5. The Kier molecular flexibility index (Phi) is 4.85. The summed E-state index contributed by atoms with van der Waals surface area (Å²) in [6.45, 7) is 1.83. The lowest BCUT2D eigenvalue weighted by Crippen LogP contribution is -2.29. The van der Waals surface area contributed by atoms with Crippen molar-refractivity contribution in [3.63, 3.8) is 0 Å². The molecule has 2 aromatic carbocycles. The molecule has 6 heteroatoms. The number of hydrogen-bond donors (Lipinski definition) is 2. The van der Waals surface area contributed by atoms with Crippen molar-refractivity contribution in [2.24, 2.45) is 0 Å². The second-order valence-electron chi connectivity index (χ2n) is 8.37. The highest BCUT2D eigenvalue weighted by atomic mass is 16.3. The maximum absolute atomic E-state index is 13.2. The number of carbonyl (C=O) groups is 2. The molecule has 5 rings (SSSR count). The first-order valence-corrected chi connectivity index (χ1v) is 10.7. The lowest BCUT2D eigenvalue weighted by molar-refractivity contribution is -0.132. The summed E-state index contributed by atoms with van der Waals surface area (Å²) in [4.78, 5) is 27.5. The molecular formula is C26H23NO5. The van der Waals surface area contributed by atoms with Gasteiger partial charge >= 0.3 is 0 Å². The summed E-state index contributed by atoms with van der Waals surface area (Å²) in [7, 11) is 0. The largest absolute Gasteiger partial charge is 0.507 e. The standard InChI is InChI=1S/C26H23NO5/c1-15-8-11-20(28)19(13-15)27-23(21-7-4-12-32-21)22(25(30)26(27)31)24(29)18-10-9-16-5-2-3-6-17(16)14-18/h4,7-14,23,28-29H,2-3,5-6H2,1H3/b24-22-. The number of carbonyl (C=O) groups excluding carboxylic acids is 2. The number of furan rings is 1. The van der Waals surface area contributed by atoms with E-state index in [0.717, 1.165) is 36.8 Å². The number of aliphatic hydroxyl groups is 1. The molecule has 6 nitrogen and oxygen atoms in total. The summed E-state index contributed by atoms with van der Waals surface area (Å²) < 4.78 is 5.57. The fourth-order valence-electron chi connectivity index (χ4n) is 4.66. The minimum Gasteiger partial charge on any atom is -0.507 e. The Bertz CT molecular complexity index is 1260. The molecule has 2 aliphatic rings. The lowest BCUT2D eigenvalue weighted by Gasteiger charge is -2.24. The summed E-state index contributed by atoms with van der Waals surface area (Å²) in [5.41, 5.74) is 3.85. The molecule has 2 heterocycles. The molecule has 1 amide bonds. The SMILES string of the molecule is Cc1ccc(O)c(N2C(=O)C(=O)/C(=C(\O)c3ccc4c(c3)CCCC4)C2c2ccco2)c1. The lowest BCUT2D eigenvalue weighted by atomic mass is 9.89. The van der Waals surface area contributed by atoms with Crippen LogP contribution in [0.15, 0.2) is 64.8 Å². The molecule has 0 radical (unpaired) electrons. The van der Waals surface area contributed by atoms with Crippen LogP contribution in [-0.4, -0.2) is 21.9 Å². The van der Waals surface area contributed by atoms with Crippen LogP contribution < -0.4 is 4.90 Å². The average Bonchev–Trinajstić information content (AvgIpc) is 3.42. The van der Waals surface area contributed by atoms with Gasteiger partial charge in [0.15, 0.2) is 0 Å². The van der Waals surface area contributed by atoms with E-state index in [-0.39, 0.29) is 22.8 Å². The number of benzene rings is 2. The van der Waals surface area contributed by atoms with Crippen LogP contribution in [0.25, 0.3) is 5.76 Å². The van der Waals surface area contributed by atoms with Crippen molar-refractivity contribution in [2.45, 2.75) is 38.6 Å². The van der Waals surface area contributed by atoms with Crippen molar-refractivity contribution in [1.29, 1.82) is 0 Å². The monoisotopic (exact) mass is 429 g/mol. The molecule has 3 aromatic rings. The van der Waals surface area contributed by atoms with Gasteiger partial charge in [0, 0.05) is 5.56 Å². The van der Waals surface area contributed by atoms with Crippen LogP contribution >= 0.6 is 0 Å². The van der Waals surface area contributed by atoms with Gasteiger partial charge in [-0.1, -0.05) is 18.2 Å². The summed E-state index contributed by atoms with van der Waals surface area (Å²) in [6.07, 6.45) is 5.59. The number of aliphatic hydroxyl groups excluding tert-OH is 1. The van der Waals surface area contributed by atoms with E-state index in [1.165, 1.54) is 22.8 Å². The van der Waals surface area contributed by atoms with E-state index in [1.54, 1.807) is 30.3 Å². The van der Waals surface area contributed by atoms with Crippen molar-refractivity contribution in [3.05, 3.63) is 88.4 Å². The first kappa shape index (κ1) is 20.1. The van der Waals surface area contributed by atoms with Gasteiger partial charge in [0.1, 0.15) is 23.3 Å². The molecular weight excluding hydrogens is 406 g/mol. The van der Waals surface area contributed by atoms with Gasteiger partial charge < -0.3 is 14.6 Å². The highest BCUT2D eigenvalue weighted by Crippen LogP contribution is 2.45. The summed E-state index contributed by atoms with van der Waals surface area (Å²) in [5, 5.41) is 21.7. The van der Waals surface area contributed by atoms with Crippen LogP contribution in [0.5, 0.6) is 5.75 Å². The number of nitrogens with zero attached hydrogens (tertiary/aromatic N) is 1. The molecule has 1 unspecified atom stereocenters. The molecule has 0 spiro atoms. The quantitative estimate of drug-likeness (QED) is 0.355. The summed E-state index contributed by atoms with van der Waals surface area (Å²) in [6, 6.07) is 12.8. The predicted molar refractivity (Wildman–Crippen MR) is 119 cm³/mol. The minimum atomic E-state index is -0.992. The molecule has 1 aromatic heterocycles. The minimum absolute atomic E-state index is 0.0541. The van der Waals surface area contributed by atoms with Gasteiger partial charge in [-0.25, -0.2) is 0 Å². The fourth-order valence-corrected chi connectivity index (χ4v) is 4.66. The van der Waals surface area contributed by atoms with E-state index in [2.05, 4.69) is 0 Å². The third kappa shape index (κ3) is 3.19. The van der Waals surface area contributed by atoms with E-state index in [9.17, 15) is 19.8 Å². The summed E-state index contributed by atoms with van der Waals surface area (Å²) >= 11 is 0. The van der Waals surface area contributed by atoms with Crippen LogP contribution in [0.3, 0.4) is 0 Å². The Morgan fingerprint density at radius 2 is 1.81 bits per heavy atom. The molecule has 1 atom stereocenters. The third-order valence-corrected chi connectivity index (χ3v) is 6.27. The molecule has 2 N–H and O–H groups in total. The van der Waals surface area contributed by atoms with Crippen molar-refractivity contribution in [3.8, 4) is 5.75 Å². The van der Waals surface area contributed by atoms with Crippen LogP contribution in [0.1, 0.15) is 46.9 Å². The average molecular weight is 429 g/mol. The molecule has 1 aliphatic heterocycles. The van der Waals surface area contributed by atoms with Gasteiger partial charge in [-0.3, -0.25) is 14.5 Å². The predicted octanol–water partition coefficient (Wildman–Crippen LogP) is 4.80. The number of phenols is 1. The Balaban J connectivity index is 1.70. The maximum Gasteiger partial charge on any atom is 0.300 e. The number of amides is 1. The number of ketones is 1. The molecule has 1 saturated heterocycles. The highest BCUT2D eigenvalue weighted by molar-refractivity contribution is 6.51. The Hall–Kier alpha value is -3.80. The first-order valence-electron chi connectivity index (χ1n) is 10.7. The zero-order valence-electron chi connectivity index (χ0n) is 17.7. The second-order valence-corrected chi connectivity index (χ2v) is 8.37. The van der Waals surface area contributed by atoms with E-state index in [4.69, 9.17) is 4.42 Å². The molecule has 1 aliphatic carbocycles. The van der Waals surface area contributed by atoms with E-state index in [0.29, 0.717) is 11.3 Å². The molecule has 1 fully saturated rings. The number of rotatable bonds is 3. The third-order valence-electron chi connectivity index (χ3n) is 6.27. The summed E-state index contributed by atoms with van der Waals surface area (Å²) in [5.74, 6) is -1.70. The smallest absolute Gasteiger partial charge is 0.300 e. The van der Waals surface area contributed by atoms with Crippen molar-refractivity contribution in [2.75, 3.05) is 4.90 Å². The van der Waals surface area contributed by atoms with Gasteiger partial charge in [0.2, 0.25) is 0 Å². The molecule has 162 valence electrons. The van der Waals surface area contributed by atoms with Crippen molar-refractivity contribution < 1.29 is 24.2 Å². The van der Waals surface area contributed by atoms with Gasteiger partial charge in [-0.05, 0) is 79.6 Å². The van der Waals surface area contributed by atoms with Crippen LogP contribution in [0.2, 0.25) is 0 Å².